The number of nitrogens with zero attached hydrogens (tertiary/aromatic N) is 2. The van der Waals surface area contributed by atoms with Crippen molar-refractivity contribution in [2.45, 2.75) is 13.8 Å². The maximum atomic E-state index is 10.8. The van der Waals surface area contributed by atoms with E-state index in [0.29, 0.717) is 11.3 Å². The molecule has 0 saturated carbocycles. The Kier molecular flexibility index (Phi) is 4.18. The molecule has 6 nitrogen and oxygen atoms in total. The zero-order chi connectivity index (χ0) is 16.3. The molecular weight excluding hydrogens is 280 g/mol. The van der Waals surface area contributed by atoms with Crippen molar-refractivity contribution in [3.63, 3.8) is 0 Å². The van der Waals surface area contributed by atoms with Gasteiger partial charge < -0.3 is 11.5 Å². The van der Waals surface area contributed by atoms with Gasteiger partial charge in [0.05, 0.1) is 5.69 Å². The molecule has 0 heterocycles. The molecule has 2 rings (SSSR count). The molecule has 0 spiro atoms. The molecule has 2 aromatic rings. The van der Waals surface area contributed by atoms with Crippen LogP contribution in [-0.4, -0.2) is 12.2 Å². The first kappa shape index (κ1) is 15.2. The van der Waals surface area contributed by atoms with E-state index in [2.05, 4.69) is 9.98 Å². The minimum atomic E-state index is 0.119. The summed E-state index contributed by atoms with van der Waals surface area (Å²) in [5, 5.41) is 0. The van der Waals surface area contributed by atoms with Crippen LogP contribution in [0.1, 0.15) is 11.1 Å². The number of hydrogen-bond acceptors (Lipinski definition) is 6. The van der Waals surface area contributed by atoms with Gasteiger partial charge in [-0.1, -0.05) is 12.1 Å². The highest BCUT2D eigenvalue weighted by Gasteiger charge is 2.19. The Labute approximate surface area is 127 Å². The fraction of sp³-hybridized carbons (Fsp3) is 0.125. The predicted molar refractivity (Wildman–Crippen MR) is 85.7 cm³/mol. The van der Waals surface area contributed by atoms with Crippen molar-refractivity contribution in [3.8, 4) is 11.1 Å². The maximum absolute atomic E-state index is 10.8. The van der Waals surface area contributed by atoms with Crippen LogP contribution >= 0.6 is 0 Å². The summed E-state index contributed by atoms with van der Waals surface area (Å²) in [6.07, 6.45) is 2.93. The SMILES string of the molecule is Cc1c(C)c(-c2ccc(N)cc2)c(N=C=O)c(N=C=O)c1N. The van der Waals surface area contributed by atoms with Crippen LogP contribution in [0.4, 0.5) is 22.7 Å². The van der Waals surface area contributed by atoms with Gasteiger partial charge in [-0.05, 0) is 42.7 Å². The molecular formula is C16H14N4O2. The normalized spacial score (nSPS) is 9.73. The van der Waals surface area contributed by atoms with Crippen LogP contribution in [0, 0.1) is 13.8 Å². The second-order valence-corrected chi connectivity index (χ2v) is 4.76. The van der Waals surface area contributed by atoms with Gasteiger partial charge in [-0.2, -0.15) is 9.98 Å². The molecule has 4 N–H and O–H groups in total. The van der Waals surface area contributed by atoms with E-state index in [9.17, 15) is 9.59 Å². The molecule has 6 heteroatoms. The summed E-state index contributed by atoms with van der Waals surface area (Å²) >= 11 is 0. The Morgan fingerprint density at radius 3 is 1.95 bits per heavy atom. The number of nitrogens with two attached hydrogens (primary N) is 2. The van der Waals surface area contributed by atoms with E-state index in [4.69, 9.17) is 11.5 Å². The summed E-state index contributed by atoms with van der Waals surface area (Å²) in [5.41, 5.74) is 15.9. The van der Waals surface area contributed by atoms with E-state index in [1.54, 1.807) is 24.3 Å². The van der Waals surface area contributed by atoms with Crippen LogP contribution in [0.25, 0.3) is 11.1 Å². The zero-order valence-electron chi connectivity index (χ0n) is 12.2. The number of nitrogen functional groups attached to an aromatic ring is 2. The minimum absolute atomic E-state index is 0.119. The summed E-state index contributed by atoms with van der Waals surface area (Å²) in [6.45, 7) is 3.67. The van der Waals surface area contributed by atoms with E-state index < -0.39 is 0 Å². The van der Waals surface area contributed by atoms with Gasteiger partial charge in [0.1, 0.15) is 11.4 Å². The smallest absolute Gasteiger partial charge is 0.240 e. The third-order valence-electron chi connectivity index (χ3n) is 3.57. The predicted octanol–water partition coefficient (Wildman–Crippen LogP) is 3.07. The molecule has 0 radical (unpaired) electrons. The molecule has 0 aliphatic rings. The molecule has 0 amide bonds. The largest absolute Gasteiger partial charge is 0.399 e. The molecule has 0 atom stereocenters. The molecule has 0 unspecified atom stereocenters. The summed E-state index contributed by atoms with van der Waals surface area (Å²) < 4.78 is 0. The second kappa shape index (κ2) is 6.06. The van der Waals surface area contributed by atoms with Crippen molar-refractivity contribution in [2.24, 2.45) is 9.98 Å². The maximum Gasteiger partial charge on any atom is 0.240 e. The first-order chi connectivity index (χ1) is 10.5. The number of isocyanates is 2. The van der Waals surface area contributed by atoms with Crippen molar-refractivity contribution in [1.29, 1.82) is 0 Å². The number of benzene rings is 2. The molecule has 2 aromatic carbocycles. The lowest BCUT2D eigenvalue weighted by atomic mass is 9.92. The van der Waals surface area contributed by atoms with Crippen molar-refractivity contribution in [3.05, 3.63) is 35.4 Å². The second-order valence-electron chi connectivity index (χ2n) is 4.76. The number of anilines is 2. The van der Waals surface area contributed by atoms with Gasteiger partial charge in [-0.15, -0.1) is 0 Å². The Bertz CT molecular complexity index is 828. The minimum Gasteiger partial charge on any atom is -0.399 e. The lowest BCUT2D eigenvalue weighted by molar-refractivity contribution is 0.564. The summed E-state index contributed by atoms with van der Waals surface area (Å²) in [4.78, 5) is 28.8. The fourth-order valence-electron chi connectivity index (χ4n) is 2.31. The lowest BCUT2D eigenvalue weighted by Gasteiger charge is -2.16. The number of hydrogen-bond donors (Lipinski definition) is 2. The highest BCUT2D eigenvalue weighted by atomic mass is 16.1. The van der Waals surface area contributed by atoms with Gasteiger partial charge in [0.15, 0.2) is 0 Å². The average Bonchev–Trinajstić information content (AvgIpc) is 2.51. The van der Waals surface area contributed by atoms with Crippen LogP contribution in [0.2, 0.25) is 0 Å². The first-order valence-electron chi connectivity index (χ1n) is 6.45. The number of carbonyl (C=O) groups excluding carboxylic acids is 2. The van der Waals surface area contributed by atoms with Crippen LogP contribution in [-0.2, 0) is 9.59 Å². The van der Waals surface area contributed by atoms with Crippen molar-refractivity contribution >= 4 is 34.9 Å². The van der Waals surface area contributed by atoms with Gasteiger partial charge in [0.25, 0.3) is 0 Å². The Morgan fingerprint density at radius 2 is 1.41 bits per heavy atom. The van der Waals surface area contributed by atoms with Gasteiger partial charge in [0.2, 0.25) is 12.2 Å². The first-order valence-corrected chi connectivity index (χ1v) is 6.45. The fourth-order valence-corrected chi connectivity index (χ4v) is 2.31. The van der Waals surface area contributed by atoms with Crippen molar-refractivity contribution < 1.29 is 9.59 Å². The van der Waals surface area contributed by atoms with Crippen molar-refractivity contribution in [2.75, 3.05) is 11.5 Å². The highest BCUT2D eigenvalue weighted by molar-refractivity contribution is 5.95. The van der Waals surface area contributed by atoms with E-state index in [-0.39, 0.29) is 17.1 Å². The third-order valence-corrected chi connectivity index (χ3v) is 3.57. The molecule has 110 valence electrons. The highest BCUT2D eigenvalue weighted by Crippen LogP contribution is 2.46. The van der Waals surface area contributed by atoms with E-state index >= 15 is 0 Å². The zero-order valence-corrected chi connectivity index (χ0v) is 12.2. The molecule has 0 bridgehead atoms. The molecule has 0 aliphatic carbocycles. The van der Waals surface area contributed by atoms with E-state index in [1.807, 2.05) is 13.8 Å². The molecule has 0 aromatic heterocycles. The molecule has 0 aliphatic heterocycles. The molecule has 22 heavy (non-hydrogen) atoms. The topological polar surface area (TPSA) is 111 Å². The number of aliphatic imine (C=N–C) groups is 2. The van der Waals surface area contributed by atoms with Crippen molar-refractivity contribution in [1.82, 2.24) is 0 Å². The van der Waals surface area contributed by atoms with Gasteiger partial charge >= 0.3 is 0 Å². The lowest BCUT2D eigenvalue weighted by Crippen LogP contribution is -1.97. The van der Waals surface area contributed by atoms with Gasteiger partial charge in [0, 0.05) is 11.3 Å². The van der Waals surface area contributed by atoms with Crippen LogP contribution < -0.4 is 11.5 Å². The average molecular weight is 294 g/mol. The summed E-state index contributed by atoms with van der Waals surface area (Å²) in [6, 6.07) is 7.06. The van der Waals surface area contributed by atoms with Crippen LogP contribution in [0.3, 0.4) is 0 Å². The monoisotopic (exact) mass is 294 g/mol. The Hall–Kier alpha value is -3.20. The Balaban J connectivity index is 2.95. The standard InChI is InChI=1S/C16H14N4O2/c1-9-10(2)14(18)16(20-8-22)15(19-7-21)13(9)11-3-5-12(17)6-4-11/h3-6H,17-18H2,1-2H3. The van der Waals surface area contributed by atoms with Gasteiger partial charge in [-0.25, -0.2) is 9.59 Å². The molecule has 0 saturated heterocycles. The van der Waals surface area contributed by atoms with Crippen LogP contribution in [0.15, 0.2) is 34.3 Å². The Morgan fingerprint density at radius 1 is 0.864 bits per heavy atom. The van der Waals surface area contributed by atoms with E-state index in [1.165, 1.54) is 12.2 Å². The molecule has 0 fully saturated rings. The quantitative estimate of drug-likeness (QED) is 0.514. The number of rotatable bonds is 3. The van der Waals surface area contributed by atoms with E-state index in [0.717, 1.165) is 16.7 Å². The van der Waals surface area contributed by atoms with Gasteiger partial charge in [-0.3, -0.25) is 0 Å². The third kappa shape index (κ3) is 2.52. The summed E-state index contributed by atoms with van der Waals surface area (Å²) in [5.74, 6) is 0. The summed E-state index contributed by atoms with van der Waals surface area (Å²) in [7, 11) is 0. The van der Waals surface area contributed by atoms with Crippen LogP contribution in [0.5, 0.6) is 0 Å².